The van der Waals surface area contributed by atoms with Crippen LogP contribution in [0.3, 0.4) is 0 Å². The lowest BCUT2D eigenvalue weighted by molar-refractivity contribution is -0.122. The number of carbonyl (C=O) groups excluding carboxylic acids is 1. The van der Waals surface area contributed by atoms with Gasteiger partial charge in [-0.2, -0.15) is 0 Å². The molecule has 0 heterocycles. The van der Waals surface area contributed by atoms with Crippen LogP contribution in [0.5, 0.6) is 0 Å². The number of aliphatic imine (C=N–C) groups is 1. The van der Waals surface area contributed by atoms with Gasteiger partial charge in [-0.3, -0.25) is 9.79 Å². The zero-order chi connectivity index (χ0) is 18.9. The Morgan fingerprint density at radius 1 is 1.28 bits per heavy atom. The lowest BCUT2D eigenvalue weighted by Gasteiger charge is -2.25. The molecule has 0 saturated heterocycles. The molecule has 1 aromatic carbocycles. The molecule has 1 unspecified atom stereocenters. The topological polar surface area (TPSA) is 56.7 Å². The third-order valence-corrected chi connectivity index (χ3v) is 4.27. The number of thioether (sulfide) groups is 1. The lowest BCUT2D eigenvalue weighted by Crippen LogP contribution is -2.48. The predicted octanol–water partition coefficient (Wildman–Crippen LogP) is 2.98. The number of rotatable bonds is 7. The van der Waals surface area contributed by atoms with E-state index in [1.54, 1.807) is 11.8 Å². The zero-order valence-electron chi connectivity index (χ0n) is 16.3. The number of likely N-dealkylation sites (N-methyl/N-ethyl adjacent to an activating group) is 1. The molecule has 1 amide bonds. The number of amides is 1. The Kier molecular flexibility index (Phi) is 8.83. The van der Waals surface area contributed by atoms with Gasteiger partial charge in [0.2, 0.25) is 5.91 Å². The molecular formula is C19H32N4OS. The van der Waals surface area contributed by atoms with Gasteiger partial charge in [-0.15, -0.1) is 11.8 Å². The molecule has 0 aromatic heterocycles. The number of carbonyl (C=O) groups is 1. The number of nitrogens with zero attached hydrogens (tertiary/aromatic N) is 2. The molecule has 140 valence electrons. The van der Waals surface area contributed by atoms with Crippen molar-refractivity contribution in [3.05, 3.63) is 30.3 Å². The van der Waals surface area contributed by atoms with E-state index in [0.29, 0.717) is 11.8 Å². The largest absolute Gasteiger partial charge is 0.357 e. The van der Waals surface area contributed by atoms with E-state index in [1.165, 1.54) is 4.90 Å². The number of nitrogens with one attached hydrogen (secondary N) is 2. The highest BCUT2D eigenvalue weighted by molar-refractivity contribution is 8.00. The molecule has 0 spiro atoms. The maximum atomic E-state index is 12.1. The van der Waals surface area contributed by atoms with Crippen LogP contribution in [0.1, 0.15) is 34.6 Å². The van der Waals surface area contributed by atoms with E-state index < -0.39 is 0 Å². The van der Waals surface area contributed by atoms with Gasteiger partial charge < -0.3 is 15.5 Å². The summed E-state index contributed by atoms with van der Waals surface area (Å²) in [5.41, 5.74) is -0.228. The molecule has 0 aliphatic heterocycles. The van der Waals surface area contributed by atoms with E-state index in [2.05, 4.69) is 34.7 Å². The lowest BCUT2D eigenvalue weighted by atomic mass is 10.1. The Labute approximate surface area is 156 Å². The minimum atomic E-state index is -0.228. The van der Waals surface area contributed by atoms with E-state index in [-0.39, 0.29) is 18.0 Å². The van der Waals surface area contributed by atoms with Crippen molar-refractivity contribution in [2.24, 2.45) is 4.99 Å². The predicted molar refractivity (Wildman–Crippen MR) is 108 cm³/mol. The summed E-state index contributed by atoms with van der Waals surface area (Å²) >= 11 is 1.80. The maximum Gasteiger partial charge on any atom is 0.240 e. The fourth-order valence-corrected chi connectivity index (χ4v) is 3.13. The van der Waals surface area contributed by atoms with Crippen molar-refractivity contribution in [3.63, 3.8) is 0 Å². The summed E-state index contributed by atoms with van der Waals surface area (Å²) in [5.74, 6) is 0.749. The van der Waals surface area contributed by atoms with Gasteiger partial charge in [-0.05, 0) is 39.8 Å². The van der Waals surface area contributed by atoms with Crippen molar-refractivity contribution in [1.82, 2.24) is 15.5 Å². The highest BCUT2D eigenvalue weighted by Gasteiger charge is 2.17. The Morgan fingerprint density at radius 2 is 1.92 bits per heavy atom. The van der Waals surface area contributed by atoms with E-state index in [0.717, 1.165) is 12.5 Å². The molecule has 0 bridgehead atoms. The molecule has 5 nitrogen and oxygen atoms in total. The second kappa shape index (κ2) is 10.3. The third kappa shape index (κ3) is 9.39. The summed E-state index contributed by atoms with van der Waals surface area (Å²) in [5, 5.41) is 6.59. The van der Waals surface area contributed by atoms with Crippen molar-refractivity contribution in [3.8, 4) is 0 Å². The van der Waals surface area contributed by atoms with Crippen LogP contribution >= 0.6 is 11.8 Å². The van der Waals surface area contributed by atoms with Crippen LogP contribution in [0.2, 0.25) is 0 Å². The summed E-state index contributed by atoms with van der Waals surface area (Å²) < 4.78 is 0. The Hall–Kier alpha value is -1.69. The normalized spacial score (nSPS) is 13.3. The molecule has 0 aliphatic carbocycles. The molecule has 0 aliphatic rings. The van der Waals surface area contributed by atoms with Crippen LogP contribution in [0.15, 0.2) is 40.2 Å². The van der Waals surface area contributed by atoms with Crippen LogP contribution in [-0.4, -0.2) is 54.2 Å². The highest BCUT2D eigenvalue weighted by Crippen LogP contribution is 2.22. The average Bonchev–Trinajstić information content (AvgIpc) is 2.50. The van der Waals surface area contributed by atoms with Gasteiger partial charge in [-0.25, -0.2) is 0 Å². The minimum absolute atomic E-state index is 0.00712. The van der Waals surface area contributed by atoms with E-state index >= 15 is 0 Å². The average molecular weight is 365 g/mol. The summed E-state index contributed by atoms with van der Waals surface area (Å²) in [7, 11) is 1.89. The Bertz CT molecular complexity index is 554. The molecule has 1 atom stereocenters. The molecule has 1 rings (SSSR count). The van der Waals surface area contributed by atoms with Crippen molar-refractivity contribution >= 4 is 23.6 Å². The van der Waals surface area contributed by atoms with Crippen molar-refractivity contribution in [2.45, 2.75) is 50.3 Å². The second-order valence-corrected chi connectivity index (χ2v) is 8.60. The first-order valence-electron chi connectivity index (χ1n) is 8.73. The molecule has 25 heavy (non-hydrogen) atoms. The molecule has 0 radical (unpaired) electrons. The molecule has 1 aromatic rings. The number of benzene rings is 1. The minimum Gasteiger partial charge on any atom is -0.357 e. The molecule has 0 saturated carbocycles. The van der Waals surface area contributed by atoms with Gasteiger partial charge >= 0.3 is 0 Å². The van der Waals surface area contributed by atoms with E-state index in [1.807, 2.05) is 57.8 Å². The fraction of sp³-hybridized carbons (Fsp3) is 0.579. The number of guanidine groups is 1. The summed E-state index contributed by atoms with van der Waals surface area (Å²) in [6.45, 7) is 11.9. The van der Waals surface area contributed by atoms with E-state index in [9.17, 15) is 4.79 Å². The van der Waals surface area contributed by atoms with E-state index in [4.69, 9.17) is 0 Å². The van der Waals surface area contributed by atoms with Crippen LogP contribution in [0.25, 0.3) is 0 Å². The van der Waals surface area contributed by atoms with Crippen molar-refractivity contribution in [2.75, 3.05) is 26.7 Å². The smallest absolute Gasteiger partial charge is 0.240 e. The maximum absolute atomic E-state index is 12.1. The molecular weight excluding hydrogens is 332 g/mol. The first-order chi connectivity index (χ1) is 11.7. The summed E-state index contributed by atoms with van der Waals surface area (Å²) in [6, 6.07) is 10.3. The number of hydrogen-bond acceptors (Lipinski definition) is 3. The molecule has 2 N–H and O–H groups in total. The quantitative estimate of drug-likeness (QED) is 0.444. The van der Waals surface area contributed by atoms with Gasteiger partial charge in [0.25, 0.3) is 0 Å². The first kappa shape index (κ1) is 21.4. The third-order valence-electron chi connectivity index (χ3n) is 3.17. The highest BCUT2D eigenvalue weighted by atomic mass is 32.2. The standard InChI is InChI=1S/C19H32N4OS/c1-7-20-18(23(6)14-17(24)22-19(3,4)5)21-13-15(2)25-16-11-9-8-10-12-16/h8-12,15H,7,13-14H2,1-6H3,(H,20,21)(H,22,24). The first-order valence-corrected chi connectivity index (χ1v) is 9.61. The zero-order valence-corrected chi connectivity index (χ0v) is 17.1. The molecule has 6 heteroatoms. The second-order valence-electron chi connectivity index (χ2n) is 7.09. The van der Waals surface area contributed by atoms with Crippen LogP contribution in [-0.2, 0) is 4.79 Å². The van der Waals surface area contributed by atoms with Crippen LogP contribution < -0.4 is 10.6 Å². The van der Waals surface area contributed by atoms with Gasteiger partial charge in [0.05, 0.1) is 13.1 Å². The SMILES string of the molecule is CCNC(=NCC(C)Sc1ccccc1)N(C)CC(=O)NC(C)(C)C. The monoisotopic (exact) mass is 364 g/mol. The summed E-state index contributed by atoms with van der Waals surface area (Å²) in [4.78, 5) is 19.9. The summed E-state index contributed by atoms with van der Waals surface area (Å²) in [6.07, 6.45) is 0. The fourth-order valence-electron chi connectivity index (χ4n) is 2.20. The van der Waals surface area contributed by atoms with Crippen LogP contribution in [0, 0.1) is 0 Å². The van der Waals surface area contributed by atoms with Crippen LogP contribution in [0.4, 0.5) is 0 Å². The van der Waals surface area contributed by atoms with Crippen molar-refractivity contribution < 1.29 is 4.79 Å². The Balaban J connectivity index is 2.61. The van der Waals surface area contributed by atoms with Gasteiger partial charge in [0.15, 0.2) is 5.96 Å². The number of hydrogen-bond donors (Lipinski definition) is 2. The van der Waals surface area contributed by atoms with Gasteiger partial charge in [0, 0.05) is 29.3 Å². The van der Waals surface area contributed by atoms with Gasteiger partial charge in [-0.1, -0.05) is 25.1 Å². The van der Waals surface area contributed by atoms with Crippen molar-refractivity contribution in [1.29, 1.82) is 0 Å². The Morgan fingerprint density at radius 3 is 2.48 bits per heavy atom. The molecule has 0 fully saturated rings. The van der Waals surface area contributed by atoms with Gasteiger partial charge in [0.1, 0.15) is 0 Å².